The Kier molecular flexibility index (Phi) is 7.33. The number of urea groups is 1. The van der Waals surface area contributed by atoms with Crippen LogP contribution in [0.5, 0.6) is 0 Å². The summed E-state index contributed by atoms with van der Waals surface area (Å²) in [7, 11) is 0. The third-order valence-corrected chi connectivity index (χ3v) is 5.80. The number of nitrogens with zero attached hydrogens (tertiary/aromatic N) is 1. The molecule has 0 aromatic heterocycles. The number of hydrogen-bond acceptors (Lipinski definition) is 2. The summed E-state index contributed by atoms with van der Waals surface area (Å²) in [6, 6.07) is -0.0950. The Morgan fingerprint density at radius 1 is 1.24 bits per heavy atom. The highest BCUT2D eigenvalue weighted by Crippen LogP contribution is 2.39. The van der Waals surface area contributed by atoms with Gasteiger partial charge in [0.25, 0.3) is 0 Å². The molecule has 5 nitrogen and oxygen atoms in total. The number of nitrogens with one attached hydrogen (secondary N) is 2. The molecule has 0 saturated carbocycles. The molecule has 142 valence electrons. The normalized spacial score (nSPS) is 26.5. The topological polar surface area (TPSA) is 61.4 Å². The zero-order valence-corrected chi connectivity index (χ0v) is 16.3. The van der Waals surface area contributed by atoms with Gasteiger partial charge in [-0.05, 0) is 56.8 Å². The summed E-state index contributed by atoms with van der Waals surface area (Å²) in [6.45, 7) is 11.7. The fraction of sp³-hybridized carbons (Fsp3) is 0.800. The van der Waals surface area contributed by atoms with Crippen LogP contribution in [0.25, 0.3) is 0 Å². The highest BCUT2D eigenvalue weighted by Gasteiger charge is 2.33. The van der Waals surface area contributed by atoms with Crippen LogP contribution < -0.4 is 10.6 Å². The van der Waals surface area contributed by atoms with Crippen molar-refractivity contribution < 1.29 is 9.59 Å². The third kappa shape index (κ3) is 5.48. The lowest BCUT2D eigenvalue weighted by atomic mass is 9.69. The summed E-state index contributed by atoms with van der Waals surface area (Å²) in [5, 5.41) is 5.77. The van der Waals surface area contributed by atoms with Crippen LogP contribution in [0.2, 0.25) is 0 Å². The van der Waals surface area contributed by atoms with Crippen molar-refractivity contribution in [1.82, 2.24) is 15.5 Å². The Balaban J connectivity index is 1.98. The minimum atomic E-state index is -0.0950. The van der Waals surface area contributed by atoms with Gasteiger partial charge in [-0.1, -0.05) is 25.5 Å². The Morgan fingerprint density at radius 3 is 2.52 bits per heavy atom. The van der Waals surface area contributed by atoms with Gasteiger partial charge >= 0.3 is 6.03 Å². The number of amides is 3. The number of hydrogen-bond donors (Lipinski definition) is 2. The quantitative estimate of drug-likeness (QED) is 0.724. The molecule has 0 aromatic rings. The SMILES string of the molecule is CCNC(=O)NCC1C=C(C)C(CC(=O)N2CCCC2)CC1C(C)C. The van der Waals surface area contributed by atoms with E-state index in [4.69, 9.17) is 0 Å². The maximum Gasteiger partial charge on any atom is 0.314 e. The number of carbonyl (C=O) groups is 2. The van der Waals surface area contributed by atoms with E-state index in [1.54, 1.807) is 0 Å². The molecule has 2 rings (SSSR count). The monoisotopic (exact) mass is 349 g/mol. The zero-order valence-electron chi connectivity index (χ0n) is 16.3. The van der Waals surface area contributed by atoms with E-state index >= 15 is 0 Å². The van der Waals surface area contributed by atoms with E-state index in [0.717, 1.165) is 32.4 Å². The molecule has 0 aromatic carbocycles. The van der Waals surface area contributed by atoms with Crippen LogP contribution in [0.3, 0.4) is 0 Å². The molecule has 0 bridgehead atoms. The van der Waals surface area contributed by atoms with Crippen molar-refractivity contribution in [3.8, 4) is 0 Å². The summed E-state index contributed by atoms with van der Waals surface area (Å²) in [5.74, 6) is 2.05. The molecule has 1 fully saturated rings. The lowest BCUT2D eigenvalue weighted by Crippen LogP contribution is -2.41. The second-order valence-corrected chi connectivity index (χ2v) is 7.95. The van der Waals surface area contributed by atoms with Gasteiger partial charge in [-0.15, -0.1) is 0 Å². The highest BCUT2D eigenvalue weighted by atomic mass is 16.2. The predicted molar refractivity (Wildman–Crippen MR) is 101 cm³/mol. The van der Waals surface area contributed by atoms with Crippen LogP contribution in [0.1, 0.15) is 53.4 Å². The van der Waals surface area contributed by atoms with Gasteiger partial charge in [-0.25, -0.2) is 4.79 Å². The van der Waals surface area contributed by atoms with Crippen LogP contribution >= 0.6 is 0 Å². The average molecular weight is 350 g/mol. The van der Waals surface area contributed by atoms with Crippen LogP contribution in [-0.2, 0) is 4.79 Å². The van der Waals surface area contributed by atoms with Crippen molar-refractivity contribution in [2.45, 2.75) is 53.4 Å². The lowest BCUT2D eigenvalue weighted by molar-refractivity contribution is -0.131. The third-order valence-electron chi connectivity index (χ3n) is 5.80. The van der Waals surface area contributed by atoms with Gasteiger partial charge in [0, 0.05) is 32.6 Å². The smallest absolute Gasteiger partial charge is 0.314 e. The van der Waals surface area contributed by atoms with Gasteiger partial charge < -0.3 is 15.5 Å². The molecule has 3 atom stereocenters. The second kappa shape index (κ2) is 9.25. The van der Waals surface area contributed by atoms with E-state index in [1.807, 2.05) is 11.8 Å². The predicted octanol–water partition coefficient (Wildman–Crippen LogP) is 3.17. The first-order chi connectivity index (χ1) is 11.9. The number of allylic oxidation sites excluding steroid dienone is 1. The summed E-state index contributed by atoms with van der Waals surface area (Å²) in [6.07, 6.45) is 6.28. The Bertz CT molecular complexity index is 495. The van der Waals surface area contributed by atoms with Crippen LogP contribution in [0, 0.1) is 23.7 Å². The lowest BCUT2D eigenvalue weighted by Gasteiger charge is -2.37. The maximum atomic E-state index is 12.5. The molecule has 1 saturated heterocycles. The fourth-order valence-corrected chi connectivity index (χ4v) is 4.25. The zero-order chi connectivity index (χ0) is 18.4. The van der Waals surface area contributed by atoms with E-state index < -0.39 is 0 Å². The molecule has 1 aliphatic heterocycles. The number of likely N-dealkylation sites (tertiary alicyclic amines) is 1. The van der Waals surface area contributed by atoms with Gasteiger partial charge in [0.2, 0.25) is 5.91 Å². The molecule has 5 heteroatoms. The van der Waals surface area contributed by atoms with Gasteiger partial charge in [-0.2, -0.15) is 0 Å². The van der Waals surface area contributed by atoms with Crippen molar-refractivity contribution in [2.24, 2.45) is 23.7 Å². The first-order valence-electron chi connectivity index (χ1n) is 9.90. The van der Waals surface area contributed by atoms with E-state index in [0.29, 0.717) is 49.1 Å². The van der Waals surface area contributed by atoms with E-state index in [2.05, 4.69) is 37.5 Å². The Hall–Kier alpha value is -1.52. The van der Waals surface area contributed by atoms with Crippen LogP contribution in [0.4, 0.5) is 4.79 Å². The van der Waals surface area contributed by atoms with Gasteiger partial charge in [-0.3, -0.25) is 4.79 Å². The summed E-state index contributed by atoms with van der Waals surface area (Å²) < 4.78 is 0. The molecule has 3 unspecified atom stereocenters. The average Bonchev–Trinajstić information content (AvgIpc) is 3.09. The molecule has 2 N–H and O–H groups in total. The summed E-state index contributed by atoms with van der Waals surface area (Å²) in [5.41, 5.74) is 1.31. The molecule has 1 heterocycles. The van der Waals surface area contributed by atoms with Gasteiger partial charge in [0.1, 0.15) is 0 Å². The number of carbonyl (C=O) groups excluding carboxylic acids is 2. The number of rotatable bonds is 6. The Morgan fingerprint density at radius 2 is 1.92 bits per heavy atom. The molecule has 25 heavy (non-hydrogen) atoms. The summed E-state index contributed by atoms with van der Waals surface area (Å²) in [4.78, 5) is 26.3. The first-order valence-corrected chi connectivity index (χ1v) is 9.90. The van der Waals surface area contributed by atoms with Crippen molar-refractivity contribution >= 4 is 11.9 Å². The van der Waals surface area contributed by atoms with Crippen molar-refractivity contribution in [3.05, 3.63) is 11.6 Å². The minimum absolute atomic E-state index is 0.0950. The molecular formula is C20H35N3O2. The molecule has 0 spiro atoms. The van der Waals surface area contributed by atoms with Crippen molar-refractivity contribution in [2.75, 3.05) is 26.2 Å². The highest BCUT2D eigenvalue weighted by molar-refractivity contribution is 5.77. The van der Waals surface area contributed by atoms with Crippen molar-refractivity contribution in [1.29, 1.82) is 0 Å². The Labute approximate surface area is 152 Å². The van der Waals surface area contributed by atoms with E-state index in [-0.39, 0.29) is 6.03 Å². The summed E-state index contributed by atoms with van der Waals surface area (Å²) >= 11 is 0. The fourth-order valence-electron chi connectivity index (χ4n) is 4.25. The minimum Gasteiger partial charge on any atom is -0.343 e. The van der Waals surface area contributed by atoms with Gasteiger partial charge in [0.05, 0.1) is 0 Å². The second-order valence-electron chi connectivity index (χ2n) is 7.95. The molecule has 3 amide bonds. The standard InChI is InChI=1S/C20H35N3O2/c1-5-21-20(25)22-13-17-10-15(4)16(11-18(17)14(2)3)12-19(24)23-8-6-7-9-23/h10,14,16-18H,5-9,11-13H2,1-4H3,(H2,21,22,25). The largest absolute Gasteiger partial charge is 0.343 e. The van der Waals surface area contributed by atoms with Crippen LogP contribution in [0.15, 0.2) is 11.6 Å². The van der Waals surface area contributed by atoms with Crippen LogP contribution in [-0.4, -0.2) is 43.0 Å². The maximum absolute atomic E-state index is 12.5. The molecule has 1 aliphatic carbocycles. The van der Waals surface area contributed by atoms with E-state index in [1.165, 1.54) is 5.57 Å². The molecule has 2 aliphatic rings. The van der Waals surface area contributed by atoms with Gasteiger partial charge in [0.15, 0.2) is 0 Å². The molecule has 0 radical (unpaired) electrons. The van der Waals surface area contributed by atoms with Crippen molar-refractivity contribution in [3.63, 3.8) is 0 Å². The first kappa shape index (κ1) is 19.8. The van der Waals surface area contributed by atoms with E-state index in [9.17, 15) is 9.59 Å². The molecular weight excluding hydrogens is 314 g/mol.